The number of halogens is 1. The van der Waals surface area contributed by atoms with E-state index in [1.54, 1.807) is 0 Å². The molecule has 2 heteroatoms. The van der Waals surface area contributed by atoms with E-state index in [0.717, 1.165) is 12.5 Å². The predicted octanol–water partition coefficient (Wildman–Crippen LogP) is 4.61. The van der Waals surface area contributed by atoms with Crippen LogP contribution in [-0.2, 0) is 0 Å². The number of aryl methyl sites for hydroxylation is 1. The Kier molecular flexibility index (Phi) is 5.16. The van der Waals surface area contributed by atoms with Gasteiger partial charge in [0.15, 0.2) is 0 Å². The quantitative estimate of drug-likeness (QED) is 0.771. The maximum absolute atomic E-state index is 3.60. The third-order valence-corrected chi connectivity index (χ3v) is 3.52. The fourth-order valence-electron chi connectivity index (χ4n) is 1.52. The molecule has 1 aromatic rings. The second-order valence-corrected chi connectivity index (χ2v) is 5.19. The monoisotopic (exact) mass is 269 g/mol. The second-order valence-electron chi connectivity index (χ2n) is 4.40. The van der Waals surface area contributed by atoms with Crippen LogP contribution in [0.4, 0.5) is 5.69 Å². The molecule has 0 aromatic heterocycles. The number of hydrogen-bond donors (Lipinski definition) is 1. The van der Waals surface area contributed by atoms with Gasteiger partial charge in [0, 0.05) is 16.7 Å². The van der Waals surface area contributed by atoms with Gasteiger partial charge in [-0.05, 0) is 53.2 Å². The van der Waals surface area contributed by atoms with Gasteiger partial charge in [0.2, 0.25) is 0 Å². The van der Waals surface area contributed by atoms with Crippen molar-refractivity contribution in [3.05, 3.63) is 28.2 Å². The Morgan fingerprint density at radius 1 is 1.33 bits per heavy atom. The highest BCUT2D eigenvalue weighted by atomic mass is 79.9. The van der Waals surface area contributed by atoms with Crippen LogP contribution < -0.4 is 5.32 Å². The normalized spacial score (nSPS) is 10.7. The first-order valence-electron chi connectivity index (χ1n) is 5.60. The molecule has 0 aliphatic rings. The van der Waals surface area contributed by atoms with Crippen LogP contribution in [0.5, 0.6) is 0 Å². The smallest absolute Gasteiger partial charge is 0.0487 e. The van der Waals surface area contributed by atoms with Crippen LogP contribution in [0.25, 0.3) is 0 Å². The van der Waals surface area contributed by atoms with E-state index in [2.05, 4.69) is 60.2 Å². The zero-order valence-electron chi connectivity index (χ0n) is 9.81. The van der Waals surface area contributed by atoms with Crippen LogP contribution in [0.2, 0.25) is 0 Å². The van der Waals surface area contributed by atoms with Crippen molar-refractivity contribution in [3.8, 4) is 0 Å². The summed E-state index contributed by atoms with van der Waals surface area (Å²) < 4.78 is 1.19. The van der Waals surface area contributed by atoms with Crippen LogP contribution in [0, 0.1) is 12.8 Å². The van der Waals surface area contributed by atoms with Crippen molar-refractivity contribution in [2.45, 2.75) is 33.6 Å². The molecule has 0 aliphatic carbocycles. The molecule has 1 nitrogen and oxygen atoms in total. The molecule has 0 heterocycles. The van der Waals surface area contributed by atoms with Gasteiger partial charge in [-0.1, -0.05) is 26.0 Å². The summed E-state index contributed by atoms with van der Waals surface area (Å²) in [6.07, 6.45) is 2.52. The van der Waals surface area contributed by atoms with Crippen LogP contribution in [0.3, 0.4) is 0 Å². The van der Waals surface area contributed by atoms with E-state index >= 15 is 0 Å². The van der Waals surface area contributed by atoms with Crippen molar-refractivity contribution in [2.75, 3.05) is 11.9 Å². The van der Waals surface area contributed by atoms with Gasteiger partial charge >= 0.3 is 0 Å². The first-order valence-corrected chi connectivity index (χ1v) is 6.39. The Bertz CT molecular complexity index is 307. The summed E-state index contributed by atoms with van der Waals surface area (Å²) in [5, 5.41) is 3.46. The minimum Gasteiger partial charge on any atom is -0.384 e. The van der Waals surface area contributed by atoms with E-state index in [0.29, 0.717) is 0 Å². The Hall–Kier alpha value is -0.500. The lowest BCUT2D eigenvalue weighted by Crippen LogP contribution is -2.03. The van der Waals surface area contributed by atoms with Gasteiger partial charge in [-0.25, -0.2) is 0 Å². The maximum Gasteiger partial charge on any atom is 0.0487 e. The Labute approximate surface area is 101 Å². The van der Waals surface area contributed by atoms with Crippen molar-refractivity contribution in [2.24, 2.45) is 5.92 Å². The number of benzene rings is 1. The van der Waals surface area contributed by atoms with Gasteiger partial charge in [-0.15, -0.1) is 0 Å². The topological polar surface area (TPSA) is 12.0 Å². The molecule has 0 saturated heterocycles. The molecule has 0 amide bonds. The highest BCUT2D eigenvalue weighted by molar-refractivity contribution is 9.10. The van der Waals surface area contributed by atoms with Crippen molar-refractivity contribution in [1.29, 1.82) is 0 Å². The second kappa shape index (κ2) is 6.16. The molecule has 0 aliphatic heterocycles. The number of nitrogens with one attached hydrogen (secondary N) is 1. The van der Waals surface area contributed by atoms with Crippen LogP contribution in [0.15, 0.2) is 22.7 Å². The summed E-state index contributed by atoms with van der Waals surface area (Å²) in [7, 11) is 0. The fraction of sp³-hybridized carbons (Fsp3) is 0.538. The van der Waals surface area contributed by atoms with Gasteiger partial charge < -0.3 is 5.32 Å². The van der Waals surface area contributed by atoms with Gasteiger partial charge in [0.1, 0.15) is 0 Å². The molecule has 0 unspecified atom stereocenters. The fourth-order valence-corrected chi connectivity index (χ4v) is 1.92. The summed E-state index contributed by atoms with van der Waals surface area (Å²) >= 11 is 3.60. The van der Waals surface area contributed by atoms with Crippen LogP contribution >= 0.6 is 15.9 Å². The Balaban J connectivity index is 2.41. The number of anilines is 1. The molecule has 84 valence electrons. The molecule has 1 N–H and O–H groups in total. The molecule has 15 heavy (non-hydrogen) atoms. The maximum atomic E-state index is 3.60. The molecule has 0 bridgehead atoms. The largest absolute Gasteiger partial charge is 0.384 e. The third kappa shape index (κ3) is 4.25. The van der Waals surface area contributed by atoms with E-state index in [-0.39, 0.29) is 0 Å². The summed E-state index contributed by atoms with van der Waals surface area (Å²) in [4.78, 5) is 0. The summed E-state index contributed by atoms with van der Waals surface area (Å²) in [5.74, 6) is 0.799. The van der Waals surface area contributed by atoms with Gasteiger partial charge in [-0.3, -0.25) is 0 Å². The predicted molar refractivity (Wildman–Crippen MR) is 71.4 cm³/mol. The molecule has 1 aromatic carbocycles. The average molecular weight is 270 g/mol. The zero-order chi connectivity index (χ0) is 11.3. The first kappa shape index (κ1) is 12.6. The molecule has 0 radical (unpaired) electrons. The van der Waals surface area contributed by atoms with E-state index < -0.39 is 0 Å². The van der Waals surface area contributed by atoms with E-state index in [1.807, 2.05) is 0 Å². The SMILES string of the molecule is Cc1cccc(NCCCC(C)C)c1Br. The molecule has 0 spiro atoms. The van der Waals surface area contributed by atoms with Crippen LogP contribution in [-0.4, -0.2) is 6.54 Å². The number of rotatable bonds is 5. The van der Waals surface area contributed by atoms with E-state index in [1.165, 1.54) is 28.6 Å². The standard InChI is InChI=1S/C13H20BrN/c1-10(2)6-5-9-15-12-8-4-7-11(3)13(12)14/h4,7-8,10,15H,5-6,9H2,1-3H3. The first-order chi connectivity index (χ1) is 7.11. The zero-order valence-corrected chi connectivity index (χ0v) is 11.4. The Morgan fingerprint density at radius 2 is 2.07 bits per heavy atom. The lowest BCUT2D eigenvalue weighted by molar-refractivity contribution is 0.567. The molecule has 0 fully saturated rings. The molecule has 0 atom stereocenters. The van der Waals surface area contributed by atoms with Crippen LogP contribution in [0.1, 0.15) is 32.3 Å². The summed E-state index contributed by atoms with van der Waals surface area (Å²) in [5.41, 5.74) is 2.49. The van der Waals surface area contributed by atoms with E-state index in [9.17, 15) is 0 Å². The molecular formula is C13H20BrN. The van der Waals surface area contributed by atoms with Gasteiger partial charge in [-0.2, -0.15) is 0 Å². The number of hydrogen-bond acceptors (Lipinski definition) is 1. The minimum atomic E-state index is 0.799. The highest BCUT2D eigenvalue weighted by Crippen LogP contribution is 2.25. The van der Waals surface area contributed by atoms with Gasteiger partial charge in [0.05, 0.1) is 0 Å². The Morgan fingerprint density at radius 3 is 2.73 bits per heavy atom. The summed E-state index contributed by atoms with van der Waals surface area (Å²) in [6.45, 7) is 7.70. The third-order valence-electron chi connectivity index (χ3n) is 2.47. The van der Waals surface area contributed by atoms with Crippen molar-refractivity contribution >= 4 is 21.6 Å². The van der Waals surface area contributed by atoms with E-state index in [4.69, 9.17) is 0 Å². The van der Waals surface area contributed by atoms with Gasteiger partial charge in [0.25, 0.3) is 0 Å². The molecular weight excluding hydrogens is 250 g/mol. The lowest BCUT2D eigenvalue weighted by Gasteiger charge is -2.10. The molecule has 0 saturated carbocycles. The lowest BCUT2D eigenvalue weighted by atomic mass is 10.1. The van der Waals surface area contributed by atoms with Crippen molar-refractivity contribution in [1.82, 2.24) is 0 Å². The highest BCUT2D eigenvalue weighted by Gasteiger charge is 2.01. The van der Waals surface area contributed by atoms with Crippen molar-refractivity contribution in [3.63, 3.8) is 0 Å². The van der Waals surface area contributed by atoms with Crippen molar-refractivity contribution < 1.29 is 0 Å². The summed E-state index contributed by atoms with van der Waals surface area (Å²) in [6, 6.07) is 6.32. The molecule has 1 rings (SSSR count). The minimum absolute atomic E-state index is 0.799. The average Bonchev–Trinajstić information content (AvgIpc) is 2.18.